The van der Waals surface area contributed by atoms with Crippen molar-refractivity contribution < 1.29 is 4.74 Å². The van der Waals surface area contributed by atoms with Crippen LogP contribution in [0.4, 0.5) is 0 Å². The molecule has 1 saturated heterocycles. The van der Waals surface area contributed by atoms with Gasteiger partial charge in [-0.25, -0.2) is 4.68 Å². The zero-order valence-corrected chi connectivity index (χ0v) is 19.9. The summed E-state index contributed by atoms with van der Waals surface area (Å²) in [7, 11) is 1.83. The summed E-state index contributed by atoms with van der Waals surface area (Å²) in [5.74, 6) is 0.643. The SMILES string of the molecule is Cn1cc(-n2ccc(=O)c(COc3ccc4ncc(-c5cnn(C6CCNCC6)c5)cc4c3)n2)cn1. The highest BCUT2D eigenvalue weighted by atomic mass is 16.5. The third-order valence-electron chi connectivity index (χ3n) is 6.48. The van der Waals surface area contributed by atoms with Gasteiger partial charge in [0.1, 0.15) is 23.7 Å². The van der Waals surface area contributed by atoms with Gasteiger partial charge in [0.2, 0.25) is 5.43 Å². The second-order valence-corrected chi connectivity index (χ2v) is 9.00. The van der Waals surface area contributed by atoms with Crippen LogP contribution in [-0.4, -0.2) is 47.4 Å². The van der Waals surface area contributed by atoms with E-state index in [1.165, 1.54) is 6.07 Å². The monoisotopic (exact) mass is 482 g/mol. The number of aryl methyl sites for hydroxylation is 1. The number of nitrogens with zero attached hydrogens (tertiary/aromatic N) is 7. The standard InChI is InChI=1S/C26H26N8O2/c1-32-16-22(14-29-32)33-9-6-26(35)25(31-33)17-36-23-2-3-24-18(11-23)10-19(12-28-24)20-13-30-34(15-20)21-4-7-27-8-5-21/h2-3,6,9-16,21,27H,4-5,7-8,17H2,1H3. The molecule has 1 aromatic carbocycles. The molecule has 6 rings (SSSR count). The Bertz CT molecular complexity index is 1580. The van der Waals surface area contributed by atoms with Crippen molar-refractivity contribution in [1.82, 2.24) is 39.6 Å². The molecule has 1 N–H and O–H groups in total. The fraction of sp³-hybridized carbons (Fsp3) is 0.269. The fourth-order valence-electron chi connectivity index (χ4n) is 4.48. The normalized spacial score (nSPS) is 14.4. The highest BCUT2D eigenvalue weighted by molar-refractivity contribution is 5.84. The van der Waals surface area contributed by atoms with Crippen LogP contribution in [0.2, 0.25) is 0 Å². The van der Waals surface area contributed by atoms with E-state index < -0.39 is 0 Å². The zero-order chi connectivity index (χ0) is 24.5. The van der Waals surface area contributed by atoms with Crippen molar-refractivity contribution in [3.63, 3.8) is 0 Å². The molecule has 0 radical (unpaired) electrons. The van der Waals surface area contributed by atoms with Gasteiger partial charge < -0.3 is 10.1 Å². The number of hydrogen-bond donors (Lipinski definition) is 1. The highest BCUT2D eigenvalue weighted by Gasteiger charge is 2.16. The number of hydrogen-bond acceptors (Lipinski definition) is 7. The molecule has 1 aliphatic rings. The van der Waals surface area contributed by atoms with E-state index in [0.29, 0.717) is 17.5 Å². The first kappa shape index (κ1) is 22.2. The minimum Gasteiger partial charge on any atom is -0.487 e. The van der Waals surface area contributed by atoms with Gasteiger partial charge in [-0.3, -0.25) is 19.1 Å². The average molecular weight is 483 g/mol. The Balaban J connectivity index is 1.21. The molecule has 1 aliphatic heterocycles. The van der Waals surface area contributed by atoms with Crippen LogP contribution in [0.3, 0.4) is 0 Å². The summed E-state index contributed by atoms with van der Waals surface area (Å²) in [6.07, 6.45) is 13.2. The van der Waals surface area contributed by atoms with Gasteiger partial charge in [0.25, 0.3) is 0 Å². The Morgan fingerprint density at radius 1 is 1.03 bits per heavy atom. The third kappa shape index (κ3) is 4.50. The van der Waals surface area contributed by atoms with E-state index in [0.717, 1.165) is 53.6 Å². The van der Waals surface area contributed by atoms with Crippen molar-refractivity contribution in [2.24, 2.45) is 7.05 Å². The Morgan fingerprint density at radius 2 is 1.92 bits per heavy atom. The van der Waals surface area contributed by atoms with Gasteiger partial charge in [0.15, 0.2) is 0 Å². The zero-order valence-electron chi connectivity index (χ0n) is 19.9. The lowest BCUT2D eigenvalue weighted by atomic mass is 10.1. The second-order valence-electron chi connectivity index (χ2n) is 9.00. The predicted octanol–water partition coefficient (Wildman–Crippen LogP) is 2.88. The van der Waals surface area contributed by atoms with Crippen LogP contribution >= 0.6 is 0 Å². The molecule has 0 spiro atoms. The first-order valence-electron chi connectivity index (χ1n) is 12.0. The van der Waals surface area contributed by atoms with Crippen molar-refractivity contribution in [3.8, 4) is 22.6 Å². The van der Waals surface area contributed by atoms with Crippen LogP contribution in [-0.2, 0) is 13.7 Å². The van der Waals surface area contributed by atoms with Crippen molar-refractivity contribution >= 4 is 10.9 Å². The number of nitrogens with one attached hydrogen (secondary N) is 1. The van der Waals surface area contributed by atoms with Crippen LogP contribution in [0.5, 0.6) is 5.75 Å². The van der Waals surface area contributed by atoms with Gasteiger partial charge in [-0.2, -0.15) is 15.3 Å². The Hall–Kier alpha value is -4.31. The van der Waals surface area contributed by atoms with Crippen molar-refractivity contribution in [3.05, 3.63) is 83.4 Å². The number of pyridine rings is 1. The molecule has 10 heteroatoms. The van der Waals surface area contributed by atoms with E-state index in [-0.39, 0.29) is 12.0 Å². The molecule has 10 nitrogen and oxygen atoms in total. The Morgan fingerprint density at radius 3 is 2.75 bits per heavy atom. The number of benzene rings is 1. The van der Waals surface area contributed by atoms with E-state index in [2.05, 4.69) is 42.5 Å². The van der Waals surface area contributed by atoms with E-state index in [1.807, 2.05) is 43.8 Å². The molecule has 5 heterocycles. The van der Waals surface area contributed by atoms with Gasteiger partial charge >= 0.3 is 0 Å². The van der Waals surface area contributed by atoms with Crippen molar-refractivity contribution in [1.29, 1.82) is 0 Å². The first-order valence-corrected chi connectivity index (χ1v) is 12.0. The minimum atomic E-state index is -0.175. The van der Waals surface area contributed by atoms with Crippen LogP contribution in [0, 0.1) is 0 Å². The molecule has 36 heavy (non-hydrogen) atoms. The second kappa shape index (κ2) is 9.38. The Labute approximate surface area is 207 Å². The van der Waals surface area contributed by atoms with E-state index in [4.69, 9.17) is 4.74 Å². The van der Waals surface area contributed by atoms with E-state index in [9.17, 15) is 4.79 Å². The summed E-state index contributed by atoms with van der Waals surface area (Å²) in [5, 5.41) is 17.5. The van der Waals surface area contributed by atoms with Gasteiger partial charge in [-0.05, 0) is 50.2 Å². The third-order valence-corrected chi connectivity index (χ3v) is 6.48. The summed E-state index contributed by atoms with van der Waals surface area (Å²) in [6, 6.07) is 9.72. The molecule has 0 atom stereocenters. The van der Waals surface area contributed by atoms with Crippen molar-refractivity contribution in [2.75, 3.05) is 13.1 Å². The molecule has 0 amide bonds. The average Bonchev–Trinajstić information content (AvgIpc) is 3.58. The van der Waals surface area contributed by atoms with Gasteiger partial charge in [0, 0.05) is 48.2 Å². The first-order chi connectivity index (χ1) is 17.6. The number of fused-ring (bicyclic) bond motifs is 1. The van der Waals surface area contributed by atoms with Crippen LogP contribution < -0.4 is 15.5 Å². The van der Waals surface area contributed by atoms with Crippen LogP contribution in [0.1, 0.15) is 24.6 Å². The smallest absolute Gasteiger partial charge is 0.206 e. The number of piperidine rings is 1. The largest absolute Gasteiger partial charge is 0.487 e. The predicted molar refractivity (Wildman–Crippen MR) is 135 cm³/mol. The fourth-order valence-corrected chi connectivity index (χ4v) is 4.48. The molecule has 5 aromatic rings. The van der Waals surface area contributed by atoms with Crippen molar-refractivity contribution in [2.45, 2.75) is 25.5 Å². The Kier molecular flexibility index (Phi) is 5.78. The minimum absolute atomic E-state index is 0.0571. The lowest BCUT2D eigenvalue weighted by molar-refractivity contribution is 0.298. The maximum Gasteiger partial charge on any atom is 0.206 e. The van der Waals surface area contributed by atoms with Gasteiger partial charge in [-0.15, -0.1) is 0 Å². The summed E-state index contributed by atoms with van der Waals surface area (Å²) in [4.78, 5) is 17.0. The summed E-state index contributed by atoms with van der Waals surface area (Å²) in [5.41, 5.74) is 3.83. The number of aromatic nitrogens is 7. The highest BCUT2D eigenvalue weighted by Crippen LogP contribution is 2.27. The van der Waals surface area contributed by atoms with E-state index in [1.54, 1.807) is 21.8 Å². The summed E-state index contributed by atoms with van der Waals surface area (Å²) >= 11 is 0. The maximum absolute atomic E-state index is 12.4. The van der Waals surface area contributed by atoms with Gasteiger partial charge in [-0.1, -0.05) is 0 Å². The molecular weight excluding hydrogens is 456 g/mol. The molecule has 1 fully saturated rings. The lowest BCUT2D eigenvalue weighted by Gasteiger charge is -2.22. The summed E-state index contributed by atoms with van der Waals surface area (Å²) < 4.78 is 11.3. The summed E-state index contributed by atoms with van der Waals surface area (Å²) in [6.45, 7) is 2.10. The van der Waals surface area contributed by atoms with E-state index >= 15 is 0 Å². The van der Waals surface area contributed by atoms with Crippen LogP contribution in [0.15, 0.2) is 72.3 Å². The molecule has 0 bridgehead atoms. The van der Waals surface area contributed by atoms with Gasteiger partial charge in [0.05, 0.1) is 30.1 Å². The molecule has 4 aromatic heterocycles. The molecule has 0 unspecified atom stereocenters. The molecule has 0 aliphatic carbocycles. The molecule has 0 saturated carbocycles. The lowest BCUT2D eigenvalue weighted by Crippen LogP contribution is -2.29. The molecular formula is C26H26N8O2. The number of ether oxygens (including phenoxy) is 1. The number of rotatable bonds is 6. The quantitative estimate of drug-likeness (QED) is 0.397. The molecule has 182 valence electrons. The topological polar surface area (TPSA) is 105 Å². The van der Waals surface area contributed by atoms with Crippen LogP contribution in [0.25, 0.3) is 27.7 Å². The maximum atomic E-state index is 12.4.